The van der Waals surface area contributed by atoms with Crippen molar-refractivity contribution in [3.8, 4) is 0 Å². The van der Waals surface area contributed by atoms with Crippen LogP contribution in [0.5, 0.6) is 0 Å². The highest BCUT2D eigenvalue weighted by Crippen LogP contribution is 2.41. The minimum Gasteiger partial charge on any atom is -0.289 e. The van der Waals surface area contributed by atoms with Gasteiger partial charge in [0.2, 0.25) is 0 Å². The quantitative estimate of drug-likeness (QED) is 0.385. The van der Waals surface area contributed by atoms with Crippen LogP contribution in [0.3, 0.4) is 0 Å². The number of rotatable bonds is 0. The molecule has 4 aromatic rings. The average Bonchev–Trinajstić information content (AvgIpc) is 2.76. The lowest BCUT2D eigenvalue weighted by atomic mass is 9.73. The van der Waals surface area contributed by atoms with Gasteiger partial charge in [-0.15, -0.1) is 0 Å². The molecule has 0 heterocycles. The normalized spacial score (nSPS) is 14.3. The van der Waals surface area contributed by atoms with Crippen LogP contribution in [0.25, 0.3) is 10.8 Å². The second-order valence-electron chi connectivity index (χ2n) is 7.52. The van der Waals surface area contributed by atoms with Gasteiger partial charge in [-0.1, -0.05) is 72.8 Å². The van der Waals surface area contributed by atoms with Gasteiger partial charge in [0.15, 0.2) is 17.3 Å². The zero-order chi connectivity index (χ0) is 19.7. The maximum absolute atomic E-state index is 13.5. The maximum atomic E-state index is 13.5. The van der Waals surface area contributed by atoms with Crippen LogP contribution >= 0.6 is 0 Å². The molecule has 0 amide bonds. The van der Waals surface area contributed by atoms with Crippen LogP contribution in [0, 0.1) is 0 Å². The molecule has 0 radical (unpaired) electrons. The second-order valence-corrected chi connectivity index (χ2v) is 7.52. The number of carbonyl (C=O) groups excluding carboxylic acids is 3. The van der Waals surface area contributed by atoms with Gasteiger partial charge in [0.25, 0.3) is 0 Å². The molecule has 0 fully saturated rings. The smallest absolute Gasteiger partial charge is 0.195 e. The molecular weight excluding hydrogens is 360 g/mol. The van der Waals surface area contributed by atoms with Crippen molar-refractivity contribution < 1.29 is 14.4 Å². The average molecular weight is 374 g/mol. The molecule has 0 saturated carbocycles. The Morgan fingerprint density at radius 2 is 0.966 bits per heavy atom. The van der Waals surface area contributed by atoms with Crippen molar-refractivity contribution in [1.29, 1.82) is 0 Å². The fraction of sp³-hybridized carbons (Fsp3) is 0.0385. The molecule has 29 heavy (non-hydrogen) atoms. The van der Waals surface area contributed by atoms with Gasteiger partial charge in [-0.3, -0.25) is 14.4 Å². The van der Waals surface area contributed by atoms with E-state index in [4.69, 9.17) is 0 Å². The van der Waals surface area contributed by atoms with E-state index >= 15 is 0 Å². The highest BCUT2D eigenvalue weighted by atomic mass is 16.1. The van der Waals surface area contributed by atoms with Crippen molar-refractivity contribution in [2.75, 3.05) is 0 Å². The van der Waals surface area contributed by atoms with Gasteiger partial charge in [-0.05, 0) is 28.3 Å². The zero-order valence-electron chi connectivity index (χ0n) is 15.4. The Labute approximate surface area is 166 Å². The Balaban J connectivity index is 1.79. The van der Waals surface area contributed by atoms with Crippen molar-refractivity contribution in [2.45, 2.75) is 6.42 Å². The first kappa shape index (κ1) is 16.1. The van der Waals surface area contributed by atoms with Crippen LogP contribution in [0.1, 0.15) is 58.9 Å². The molecule has 6 rings (SSSR count). The minimum absolute atomic E-state index is 0.0834. The maximum Gasteiger partial charge on any atom is 0.195 e. The summed E-state index contributed by atoms with van der Waals surface area (Å²) in [6, 6.07) is 21.8. The number of fused-ring (bicyclic) bond motifs is 8. The van der Waals surface area contributed by atoms with Crippen molar-refractivity contribution in [2.24, 2.45) is 0 Å². The Morgan fingerprint density at radius 3 is 1.66 bits per heavy atom. The van der Waals surface area contributed by atoms with Gasteiger partial charge in [0.05, 0.1) is 0 Å². The predicted molar refractivity (Wildman–Crippen MR) is 110 cm³/mol. The van der Waals surface area contributed by atoms with E-state index in [1.807, 2.05) is 48.5 Å². The van der Waals surface area contributed by atoms with Gasteiger partial charge < -0.3 is 0 Å². The fourth-order valence-electron chi connectivity index (χ4n) is 4.78. The van der Waals surface area contributed by atoms with E-state index in [0.29, 0.717) is 50.8 Å². The van der Waals surface area contributed by atoms with Crippen molar-refractivity contribution in [1.82, 2.24) is 0 Å². The summed E-state index contributed by atoms with van der Waals surface area (Å²) in [6.07, 6.45) is 0.464. The number of ketones is 3. The summed E-state index contributed by atoms with van der Waals surface area (Å²) in [5.74, 6) is -0.412. The van der Waals surface area contributed by atoms with Crippen LogP contribution in [-0.4, -0.2) is 17.3 Å². The molecule has 2 aliphatic carbocycles. The Hall–Kier alpha value is -3.85. The highest BCUT2D eigenvalue weighted by molar-refractivity contribution is 6.35. The van der Waals surface area contributed by atoms with Crippen LogP contribution in [0.2, 0.25) is 0 Å². The number of hydrogen-bond acceptors (Lipinski definition) is 3. The molecule has 0 bridgehead atoms. The molecular formula is C26H14O3. The Morgan fingerprint density at radius 1 is 0.483 bits per heavy atom. The lowest BCUT2D eigenvalue weighted by molar-refractivity contribution is 0.0978. The van der Waals surface area contributed by atoms with Gasteiger partial charge in [0.1, 0.15) is 0 Å². The highest BCUT2D eigenvalue weighted by Gasteiger charge is 2.38. The van der Waals surface area contributed by atoms with E-state index in [1.165, 1.54) is 0 Å². The molecule has 0 aliphatic heterocycles. The van der Waals surface area contributed by atoms with Crippen LogP contribution in [0.4, 0.5) is 0 Å². The van der Waals surface area contributed by atoms with Crippen LogP contribution < -0.4 is 0 Å². The first-order chi connectivity index (χ1) is 14.2. The van der Waals surface area contributed by atoms with E-state index < -0.39 is 0 Å². The SMILES string of the molecule is O=C1c2ccccc2C(=O)c2c1c1c(c3ccccc23)C(=O)c2ccccc2C1. The van der Waals surface area contributed by atoms with Crippen molar-refractivity contribution >= 4 is 28.1 Å². The fourth-order valence-corrected chi connectivity index (χ4v) is 4.78. The summed E-state index contributed by atoms with van der Waals surface area (Å²) >= 11 is 0. The lowest BCUT2D eigenvalue weighted by Crippen LogP contribution is -2.27. The Bertz CT molecular complexity index is 1430. The van der Waals surface area contributed by atoms with Gasteiger partial charge in [-0.2, -0.15) is 0 Å². The summed E-state index contributed by atoms with van der Waals surface area (Å²) < 4.78 is 0. The monoisotopic (exact) mass is 374 g/mol. The predicted octanol–water partition coefficient (Wildman–Crippen LogP) is 4.75. The number of benzene rings is 4. The van der Waals surface area contributed by atoms with Crippen LogP contribution in [-0.2, 0) is 6.42 Å². The third kappa shape index (κ3) is 1.99. The van der Waals surface area contributed by atoms with E-state index in [0.717, 1.165) is 10.9 Å². The molecule has 4 aromatic carbocycles. The molecule has 136 valence electrons. The van der Waals surface area contributed by atoms with E-state index in [-0.39, 0.29) is 17.3 Å². The summed E-state index contributed by atoms with van der Waals surface area (Å²) in [6.45, 7) is 0. The number of hydrogen-bond donors (Lipinski definition) is 0. The summed E-state index contributed by atoms with van der Waals surface area (Å²) in [5.41, 5.74) is 4.45. The molecule has 0 saturated heterocycles. The molecule has 0 spiro atoms. The lowest BCUT2D eigenvalue weighted by Gasteiger charge is -2.27. The third-order valence-corrected chi connectivity index (χ3v) is 6.05. The van der Waals surface area contributed by atoms with Crippen molar-refractivity contribution in [3.63, 3.8) is 0 Å². The zero-order valence-corrected chi connectivity index (χ0v) is 15.4. The molecule has 2 aliphatic rings. The number of carbonyl (C=O) groups is 3. The third-order valence-electron chi connectivity index (χ3n) is 6.05. The summed E-state index contributed by atoms with van der Waals surface area (Å²) in [7, 11) is 0. The van der Waals surface area contributed by atoms with Crippen LogP contribution in [0.15, 0.2) is 72.8 Å². The first-order valence-corrected chi connectivity index (χ1v) is 9.55. The summed E-state index contributed by atoms with van der Waals surface area (Å²) in [4.78, 5) is 40.4. The largest absolute Gasteiger partial charge is 0.289 e. The molecule has 0 aromatic heterocycles. The molecule has 3 nitrogen and oxygen atoms in total. The Kier molecular flexibility index (Phi) is 3.11. The van der Waals surface area contributed by atoms with Crippen molar-refractivity contribution in [3.05, 3.63) is 117 Å². The molecule has 0 unspecified atom stereocenters. The van der Waals surface area contributed by atoms with Gasteiger partial charge in [0, 0.05) is 33.4 Å². The molecule has 0 N–H and O–H groups in total. The topological polar surface area (TPSA) is 51.2 Å². The second kappa shape index (κ2) is 5.58. The molecule has 3 heteroatoms. The van der Waals surface area contributed by atoms with Gasteiger partial charge in [-0.25, -0.2) is 0 Å². The minimum atomic E-state index is -0.176. The van der Waals surface area contributed by atoms with E-state index in [1.54, 1.807) is 24.3 Å². The first-order valence-electron chi connectivity index (χ1n) is 9.55. The van der Waals surface area contributed by atoms with E-state index in [9.17, 15) is 14.4 Å². The van der Waals surface area contributed by atoms with E-state index in [2.05, 4.69) is 0 Å². The molecule has 0 atom stereocenters. The summed E-state index contributed by atoms with van der Waals surface area (Å²) in [5, 5.41) is 1.41. The standard InChI is InChI=1S/C26H14O3/c27-24-15-8-2-1-7-14(15)13-20-21(24)16-9-3-4-10-17(16)22-23(20)26(29)19-12-6-5-11-18(19)25(22)28/h1-12H,13H2. The van der Waals surface area contributed by atoms with Gasteiger partial charge >= 0.3 is 0 Å².